The SMILES string of the molecule is C[C@@H](NC(=O)c1[nH]c(=O)[nH]c(=O)c1N)c1cccc(-c2cnn(CCc3c[nH]c4ccccc34)c2)c1. The van der Waals surface area contributed by atoms with E-state index in [1.807, 2.05) is 71.6 Å². The molecule has 182 valence electrons. The van der Waals surface area contributed by atoms with Gasteiger partial charge in [-0.15, -0.1) is 0 Å². The van der Waals surface area contributed by atoms with Crippen LogP contribution in [0.2, 0.25) is 0 Å². The highest BCUT2D eigenvalue weighted by atomic mass is 16.2. The van der Waals surface area contributed by atoms with Gasteiger partial charge in [0.1, 0.15) is 11.4 Å². The molecule has 0 fully saturated rings. The van der Waals surface area contributed by atoms with Crippen LogP contribution in [0.5, 0.6) is 0 Å². The number of nitrogens with two attached hydrogens (primary N) is 1. The number of aromatic amines is 3. The van der Waals surface area contributed by atoms with Crippen LogP contribution in [0, 0.1) is 0 Å². The molecule has 0 saturated carbocycles. The summed E-state index contributed by atoms with van der Waals surface area (Å²) in [6.07, 6.45) is 6.71. The Morgan fingerprint density at radius 1 is 1.11 bits per heavy atom. The van der Waals surface area contributed by atoms with E-state index in [2.05, 4.69) is 32.5 Å². The Hall–Kier alpha value is -4.86. The molecule has 0 aliphatic rings. The van der Waals surface area contributed by atoms with E-state index in [0.29, 0.717) is 0 Å². The Morgan fingerprint density at radius 3 is 2.81 bits per heavy atom. The van der Waals surface area contributed by atoms with Crippen molar-refractivity contribution < 1.29 is 4.79 Å². The molecule has 6 N–H and O–H groups in total. The summed E-state index contributed by atoms with van der Waals surface area (Å²) < 4.78 is 1.92. The number of fused-ring (bicyclic) bond motifs is 1. The maximum Gasteiger partial charge on any atom is 0.326 e. The average molecular weight is 484 g/mol. The number of hydrogen-bond acceptors (Lipinski definition) is 5. The zero-order valence-electron chi connectivity index (χ0n) is 19.5. The van der Waals surface area contributed by atoms with E-state index in [1.165, 1.54) is 10.9 Å². The van der Waals surface area contributed by atoms with Crippen molar-refractivity contribution in [1.82, 2.24) is 30.0 Å². The van der Waals surface area contributed by atoms with Crippen LogP contribution in [0.3, 0.4) is 0 Å². The summed E-state index contributed by atoms with van der Waals surface area (Å²) in [6, 6.07) is 15.6. The third kappa shape index (κ3) is 4.56. The lowest BCUT2D eigenvalue weighted by molar-refractivity contribution is 0.0935. The quantitative estimate of drug-likeness (QED) is 0.241. The van der Waals surface area contributed by atoms with E-state index >= 15 is 0 Å². The Balaban J connectivity index is 1.28. The van der Waals surface area contributed by atoms with Crippen molar-refractivity contribution in [3.05, 3.63) is 105 Å². The summed E-state index contributed by atoms with van der Waals surface area (Å²) in [5.74, 6) is -0.640. The van der Waals surface area contributed by atoms with E-state index in [1.54, 1.807) is 0 Å². The number of nitrogen functional groups attached to an aromatic ring is 1. The highest BCUT2D eigenvalue weighted by molar-refractivity contribution is 5.97. The third-order valence-electron chi connectivity index (χ3n) is 6.19. The second kappa shape index (κ2) is 9.41. The molecule has 5 aromatic rings. The summed E-state index contributed by atoms with van der Waals surface area (Å²) in [7, 11) is 0. The van der Waals surface area contributed by atoms with E-state index in [0.717, 1.165) is 35.2 Å². The third-order valence-corrected chi connectivity index (χ3v) is 6.19. The topological polar surface area (TPSA) is 154 Å². The van der Waals surface area contributed by atoms with Crippen LogP contribution in [0.25, 0.3) is 22.0 Å². The van der Waals surface area contributed by atoms with Crippen LogP contribution < -0.4 is 22.3 Å². The van der Waals surface area contributed by atoms with Gasteiger partial charge >= 0.3 is 5.69 Å². The lowest BCUT2D eigenvalue weighted by Crippen LogP contribution is -2.34. The molecule has 3 aromatic heterocycles. The fourth-order valence-electron chi connectivity index (χ4n) is 4.22. The minimum atomic E-state index is -0.805. The minimum absolute atomic E-state index is 0.261. The first kappa shape index (κ1) is 22.9. The monoisotopic (exact) mass is 483 g/mol. The van der Waals surface area contributed by atoms with E-state index < -0.39 is 23.2 Å². The van der Waals surface area contributed by atoms with Gasteiger partial charge in [0.15, 0.2) is 0 Å². The zero-order chi connectivity index (χ0) is 25.2. The zero-order valence-corrected chi connectivity index (χ0v) is 19.5. The Labute approximate surface area is 205 Å². The lowest BCUT2D eigenvalue weighted by Gasteiger charge is -2.15. The first-order valence-electron chi connectivity index (χ1n) is 11.5. The molecule has 1 atom stereocenters. The van der Waals surface area contributed by atoms with Crippen molar-refractivity contribution in [3.63, 3.8) is 0 Å². The number of amides is 1. The standard InChI is InChI=1S/C26H25N7O3/c1-15(30-25(35)23-22(27)24(34)32-26(36)31-23)16-5-4-6-17(11-16)19-13-29-33(14-19)10-9-18-12-28-21-8-3-2-7-20(18)21/h2-8,11-15,28H,9-10,27H2,1H3,(H,30,35)(H2,31,32,34,36)/t15-/m1/s1. The van der Waals surface area contributed by atoms with Crippen molar-refractivity contribution in [3.8, 4) is 11.1 Å². The fourth-order valence-corrected chi connectivity index (χ4v) is 4.22. The number of anilines is 1. The van der Waals surface area contributed by atoms with Gasteiger partial charge in [-0.05, 0) is 42.2 Å². The molecule has 0 unspecified atom stereocenters. The molecule has 0 radical (unpaired) electrons. The number of hydrogen-bond donors (Lipinski definition) is 5. The summed E-state index contributed by atoms with van der Waals surface area (Å²) in [5.41, 5.74) is 8.59. The molecule has 5 rings (SSSR count). The maximum atomic E-state index is 12.6. The Bertz CT molecular complexity index is 1670. The molecule has 2 aromatic carbocycles. The summed E-state index contributed by atoms with van der Waals surface area (Å²) in [4.78, 5) is 43.5. The molecule has 3 heterocycles. The van der Waals surface area contributed by atoms with Gasteiger partial charge in [0.05, 0.1) is 12.2 Å². The number of aryl methyl sites for hydroxylation is 2. The summed E-state index contributed by atoms with van der Waals surface area (Å²) >= 11 is 0. The number of H-pyrrole nitrogens is 3. The van der Waals surface area contributed by atoms with E-state index in [9.17, 15) is 14.4 Å². The molecule has 10 heteroatoms. The second-order valence-electron chi connectivity index (χ2n) is 8.62. The van der Waals surface area contributed by atoms with Crippen molar-refractivity contribution in [2.75, 3.05) is 5.73 Å². The highest BCUT2D eigenvalue weighted by Crippen LogP contribution is 2.24. The first-order chi connectivity index (χ1) is 17.4. The van der Waals surface area contributed by atoms with Crippen LogP contribution in [0.4, 0.5) is 5.69 Å². The van der Waals surface area contributed by atoms with Crippen LogP contribution in [0.15, 0.2) is 76.7 Å². The van der Waals surface area contributed by atoms with Gasteiger partial charge in [0, 0.05) is 35.4 Å². The van der Waals surface area contributed by atoms with Crippen molar-refractivity contribution >= 4 is 22.5 Å². The fraction of sp³-hybridized carbons (Fsp3) is 0.154. The molecule has 0 bridgehead atoms. The van der Waals surface area contributed by atoms with Gasteiger partial charge in [-0.3, -0.25) is 19.3 Å². The first-order valence-corrected chi connectivity index (χ1v) is 11.5. The summed E-state index contributed by atoms with van der Waals surface area (Å²) in [5, 5.41) is 8.52. The number of carbonyl (C=O) groups excluding carboxylic acids is 1. The Morgan fingerprint density at radius 2 is 1.94 bits per heavy atom. The van der Waals surface area contributed by atoms with Crippen molar-refractivity contribution in [2.24, 2.45) is 0 Å². The number of nitrogens with zero attached hydrogens (tertiary/aromatic N) is 2. The van der Waals surface area contributed by atoms with E-state index in [4.69, 9.17) is 5.73 Å². The maximum absolute atomic E-state index is 12.6. The van der Waals surface area contributed by atoms with Crippen LogP contribution in [-0.4, -0.2) is 30.6 Å². The number of rotatable bonds is 7. The van der Waals surface area contributed by atoms with Crippen LogP contribution >= 0.6 is 0 Å². The van der Waals surface area contributed by atoms with Gasteiger partial charge in [-0.1, -0.05) is 36.4 Å². The van der Waals surface area contributed by atoms with Crippen molar-refractivity contribution in [2.45, 2.75) is 25.9 Å². The molecular formula is C26H25N7O3. The van der Waals surface area contributed by atoms with Gasteiger partial charge < -0.3 is 21.0 Å². The normalized spacial score (nSPS) is 12.0. The largest absolute Gasteiger partial charge is 0.392 e. The van der Waals surface area contributed by atoms with Crippen molar-refractivity contribution in [1.29, 1.82) is 0 Å². The van der Waals surface area contributed by atoms with Crippen LogP contribution in [0.1, 0.15) is 34.6 Å². The Kier molecular flexibility index (Phi) is 5.99. The highest BCUT2D eigenvalue weighted by Gasteiger charge is 2.17. The van der Waals surface area contributed by atoms with Gasteiger partial charge in [0.2, 0.25) is 0 Å². The molecule has 0 saturated heterocycles. The molecule has 0 aliphatic heterocycles. The predicted octanol–water partition coefficient (Wildman–Crippen LogP) is 2.72. The number of aromatic nitrogens is 5. The molecule has 0 aliphatic carbocycles. The molecule has 10 nitrogen and oxygen atoms in total. The second-order valence-corrected chi connectivity index (χ2v) is 8.62. The average Bonchev–Trinajstić information content (AvgIpc) is 3.52. The van der Waals surface area contributed by atoms with Gasteiger partial charge in [0.25, 0.3) is 11.5 Å². The number of benzene rings is 2. The molecule has 0 spiro atoms. The molecule has 36 heavy (non-hydrogen) atoms. The minimum Gasteiger partial charge on any atom is -0.392 e. The van der Waals surface area contributed by atoms with Crippen LogP contribution in [-0.2, 0) is 13.0 Å². The predicted molar refractivity (Wildman–Crippen MR) is 138 cm³/mol. The smallest absolute Gasteiger partial charge is 0.326 e. The number of para-hydroxylation sites is 1. The number of carbonyl (C=O) groups is 1. The van der Waals surface area contributed by atoms with E-state index in [-0.39, 0.29) is 11.4 Å². The lowest BCUT2D eigenvalue weighted by atomic mass is 10.0. The van der Waals surface area contributed by atoms with Gasteiger partial charge in [-0.2, -0.15) is 5.10 Å². The van der Waals surface area contributed by atoms with Gasteiger partial charge in [-0.25, -0.2) is 4.79 Å². The molecular weight excluding hydrogens is 458 g/mol. The number of nitrogens with one attached hydrogen (secondary N) is 4. The molecule has 1 amide bonds. The summed E-state index contributed by atoms with van der Waals surface area (Å²) in [6.45, 7) is 2.55.